The number of anilines is 1. The van der Waals surface area contributed by atoms with Crippen LogP contribution in [0.5, 0.6) is 11.5 Å². The molecule has 2 atom stereocenters. The van der Waals surface area contributed by atoms with E-state index in [-0.39, 0.29) is 6.10 Å². The van der Waals surface area contributed by atoms with Crippen LogP contribution in [-0.4, -0.2) is 39.5 Å². The molecule has 0 spiro atoms. The standard InChI is InChI=1S/C20H28NO5P/c1-14(2)26-27(23,17-10-7-15(8-11-17)21(3)4)20(22)18-12-9-16(24-5)13-19(18)25-6/h7-14,20,22H,1-6H3/t20-,27-/m0/s1. The number of aliphatic hydroxyl groups is 1. The van der Waals surface area contributed by atoms with Crippen LogP contribution in [0.2, 0.25) is 0 Å². The van der Waals surface area contributed by atoms with E-state index in [0.29, 0.717) is 22.4 Å². The lowest BCUT2D eigenvalue weighted by Crippen LogP contribution is -2.18. The van der Waals surface area contributed by atoms with Crippen molar-refractivity contribution in [2.75, 3.05) is 33.2 Å². The zero-order chi connectivity index (χ0) is 20.2. The summed E-state index contributed by atoms with van der Waals surface area (Å²) >= 11 is 0. The van der Waals surface area contributed by atoms with Crippen molar-refractivity contribution in [3.8, 4) is 11.5 Å². The molecule has 0 radical (unpaired) electrons. The number of aliphatic hydroxyl groups excluding tert-OH is 1. The van der Waals surface area contributed by atoms with Crippen LogP contribution in [0.1, 0.15) is 25.3 Å². The molecule has 0 saturated carbocycles. The molecule has 0 aliphatic rings. The topological polar surface area (TPSA) is 68.2 Å². The predicted molar refractivity (Wildman–Crippen MR) is 109 cm³/mol. The number of ether oxygens (including phenoxy) is 2. The van der Waals surface area contributed by atoms with Crippen LogP contribution in [0, 0.1) is 0 Å². The first-order valence-electron chi connectivity index (χ1n) is 8.69. The smallest absolute Gasteiger partial charge is 0.264 e. The summed E-state index contributed by atoms with van der Waals surface area (Å²) in [4.78, 5) is 1.95. The van der Waals surface area contributed by atoms with E-state index in [1.165, 1.54) is 7.11 Å². The van der Waals surface area contributed by atoms with Crippen LogP contribution in [0.15, 0.2) is 42.5 Å². The van der Waals surface area contributed by atoms with Gasteiger partial charge in [0.05, 0.1) is 20.3 Å². The molecule has 2 aromatic carbocycles. The third kappa shape index (κ3) is 4.64. The van der Waals surface area contributed by atoms with E-state index >= 15 is 0 Å². The second kappa shape index (κ2) is 8.79. The highest BCUT2D eigenvalue weighted by Gasteiger charge is 2.39. The SMILES string of the molecule is COc1ccc([C@@H](O)[P@@](=O)(OC(C)C)c2ccc(N(C)C)cc2)c(OC)c1. The Balaban J connectivity index is 2.53. The molecular weight excluding hydrogens is 365 g/mol. The van der Waals surface area contributed by atoms with E-state index in [1.807, 2.05) is 31.1 Å². The van der Waals surface area contributed by atoms with Gasteiger partial charge in [0.15, 0.2) is 5.85 Å². The van der Waals surface area contributed by atoms with Crippen molar-refractivity contribution in [1.82, 2.24) is 0 Å². The van der Waals surface area contributed by atoms with Gasteiger partial charge in [-0.25, -0.2) is 0 Å². The Hall–Kier alpha value is -2.01. The number of hydrogen-bond acceptors (Lipinski definition) is 6. The zero-order valence-corrected chi connectivity index (χ0v) is 17.6. The van der Waals surface area contributed by atoms with Gasteiger partial charge in [-0.1, -0.05) is 0 Å². The van der Waals surface area contributed by atoms with Crippen molar-refractivity contribution in [2.24, 2.45) is 0 Å². The quantitative estimate of drug-likeness (QED) is 0.689. The van der Waals surface area contributed by atoms with Crippen LogP contribution in [-0.2, 0) is 9.09 Å². The molecule has 0 aromatic heterocycles. The van der Waals surface area contributed by atoms with E-state index < -0.39 is 13.2 Å². The molecule has 2 aromatic rings. The van der Waals surface area contributed by atoms with Gasteiger partial charge in [-0.15, -0.1) is 0 Å². The van der Waals surface area contributed by atoms with Gasteiger partial charge in [0.2, 0.25) is 0 Å². The summed E-state index contributed by atoms with van der Waals surface area (Å²) < 4.78 is 30.2. The van der Waals surface area contributed by atoms with E-state index in [9.17, 15) is 9.67 Å². The molecule has 0 heterocycles. The Morgan fingerprint density at radius 2 is 1.63 bits per heavy atom. The zero-order valence-electron chi connectivity index (χ0n) is 16.7. The highest BCUT2D eigenvalue weighted by atomic mass is 31.2. The molecule has 6 nitrogen and oxygen atoms in total. The lowest BCUT2D eigenvalue weighted by atomic mass is 10.2. The average molecular weight is 393 g/mol. The highest BCUT2D eigenvalue weighted by molar-refractivity contribution is 7.67. The van der Waals surface area contributed by atoms with Gasteiger partial charge in [0.25, 0.3) is 7.37 Å². The van der Waals surface area contributed by atoms with Crippen molar-refractivity contribution in [3.05, 3.63) is 48.0 Å². The molecule has 0 saturated heterocycles. The van der Waals surface area contributed by atoms with Gasteiger partial charge >= 0.3 is 0 Å². The second-order valence-electron chi connectivity index (χ2n) is 6.64. The van der Waals surface area contributed by atoms with E-state index in [2.05, 4.69) is 0 Å². The Kier molecular flexibility index (Phi) is 6.93. The number of nitrogens with zero attached hydrogens (tertiary/aromatic N) is 1. The lowest BCUT2D eigenvalue weighted by Gasteiger charge is -2.27. The number of rotatable bonds is 8. The summed E-state index contributed by atoms with van der Waals surface area (Å²) in [6, 6.07) is 12.2. The van der Waals surface area contributed by atoms with Gasteiger partial charge in [-0.3, -0.25) is 4.57 Å². The molecule has 27 heavy (non-hydrogen) atoms. The normalized spacial score (nSPS) is 14.5. The molecule has 0 amide bonds. The first kappa shape index (κ1) is 21.3. The fourth-order valence-corrected chi connectivity index (χ4v) is 5.04. The maximum Gasteiger partial charge on any atom is 0.264 e. The largest absolute Gasteiger partial charge is 0.497 e. The highest BCUT2D eigenvalue weighted by Crippen LogP contribution is 2.60. The third-order valence-corrected chi connectivity index (χ3v) is 6.81. The molecule has 148 valence electrons. The number of hydrogen-bond donors (Lipinski definition) is 1. The summed E-state index contributed by atoms with van der Waals surface area (Å²) in [6.07, 6.45) is -0.330. The maximum absolute atomic E-state index is 13.9. The van der Waals surface area contributed by atoms with Gasteiger partial charge in [-0.05, 0) is 50.2 Å². The van der Waals surface area contributed by atoms with E-state index in [0.717, 1.165) is 5.69 Å². The molecule has 0 bridgehead atoms. The molecule has 0 fully saturated rings. The second-order valence-corrected chi connectivity index (χ2v) is 9.05. The molecular formula is C20H28NO5P. The van der Waals surface area contributed by atoms with Gasteiger partial charge < -0.3 is 24.0 Å². The van der Waals surface area contributed by atoms with Crippen LogP contribution >= 0.6 is 7.37 Å². The predicted octanol–water partition coefficient (Wildman–Crippen LogP) is 3.79. The molecule has 0 aliphatic heterocycles. The number of methoxy groups -OCH3 is 2. The van der Waals surface area contributed by atoms with Crippen LogP contribution < -0.4 is 19.7 Å². The monoisotopic (exact) mass is 393 g/mol. The van der Waals surface area contributed by atoms with Crippen LogP contribution in [0.25, 0.3) is 0 Å². The van der Waals surface area contributed by atoms with Gasteiger partial charge in [-0.2, -0.15) is 0 Å². The first-order chi connectivity index (χ1) is 12.7. The summed E-state index contributed by atoms with van der Waals surface area (Å²) in [5, 5.41) is 11.5. The summed E-state index contributed by atoms with van der Waals surface area (Å²) in [7, 11) is 3.25. The van der Waals surface area contributed by atoms with Crippen LogP contribution in [0.3, 0.4) is 0 Å². The van der Waals surface area contributed by atoms with E-state index in [1.54, 1.807) is 51.3 Å². The third-order valence-electron chi connectivity index (χ3n) is 4.13. The Labute approximate surface area is 161 Å². The van der Waals surface area contributed by atoms with Crippen molar-refractivity contribution in [1.29, 1.82) is 0 Å². The molecule has 0 unspecified atom stereocenters. The van der Waals surface area contributed by atoms with Gasteiger partial charge in [0, 0.05) is 36.7 Å². The maximum atomic E-state index is 13.9. The molecule has 0 aliphatic carbocycles. The molecule has 7 heteroatoms. The first-order valence-corrected chi connectivity index (χ1v) is 10.4. The fourth-order valence-electron chi connectivity index (χ4n) is 2.75. The van der Waals surface area contributed by atoms with Crippen molar-refractivity contribution in [3.63, 3.8) is 0 Å². The Morgan fingerprint density at radius 1 is 1.00 bits per heavy atom. The van der Waals surface area contributed by atoms with Crippen molar-refractivity contribution < 1.29 is 23.7 Å². The van der Waals surface area contributed by atoms with E-state index in [4.69, 9.17) is 14.0 Å². The minimum absolute atomic E-state index is 0.330. The summed E-state index contributed by atoms with van der Waals surface area (Å²) in [5.41, 5.74) is 1.35. The molecule has 2 rings (SSSR count). The fraction of sp³-hybridized carbons (Fsp3) is 0.400. The minimum atomic E-state index is -3.64. The van der Waals surface area contributed by atoms with Crippen molar-refractivity contribution in [2.45, 2.75) is 25.8 Å². The van der Waals surface area contributed by atoms with Crippen LogP contribution in [0.4, 0.5) is 5.69 Å². The molecule has 1 N–H and O–H groups in total. The minimum Gasteiger partial charge on any atom is -0.497 e. The van der Waals surface area contributed by atoms with Crippen molar-refractivity contribution >= 4 is 18.4 Å². The lowest BCUT2D eigenvalue weighted by molar-refractivity contribution is 0.186. The number of benzene rings is 2. The summed E-state index contributed by atoms with van der Waals surface area (Å²) in [6.45, 7) is 3.58. The summed E-state index contributed by atoms with van der Waals surface area (Å²) in [5.74, 6) is -0.400. The van der Waals surface area contributed by atoms with Gasteiger partial charge in [0.1, 0.15) is 11.5 Å². The Morgan fingerprint density at radius 3 is 2.11 bits per heavy atom. The average Bonchev–Trinajstić information content (AvgIpc) is 2.66. The Bertz CT molecular complexity index is 805.